The number of aliphatic hydroxyl groups is 1. The van der Waals surface area contributed by atoms with Crippen LogP contribution in [0.1, 0.15) is 13.8 Å². The summed E-state index contributed by atoms with van der Waals surface area (Å²) in [7, 11) is 0. The molecule has 0 saturated carbocycles. The fourth-order valence-corrected chi connectivity index (χ4v) is 0.879. The fraction of sp³-hybridized carbons (Fsp3) is 0.400. The van der Waals surface area contributed by atoms with Gasteiger partial charge >= 0.3 is 23.0 Å². The van der Waals surface area contributed by atoms with Crippen LogP contribution in [0.2, 0.25) is 0 Å². The first-order chi connectivity index (χ1) is 8.83. The largest absolute Gasteiger partial charge is 0.478 e. The van der Waals surface area contributed by atoms with Crippen LogP contribution in [0.5, 0.6) is 0 Å². The third kappa shape index (κ3) is 5.64. The lowest BCUT2D eigenvalue weighted by Gasteiger charge is -1.97. The predicted molar refractivity (Wildman–Crippen MR) is 66.1 cm³/mol. The number of aliphatic hydroxyl groups excluding tert-OH is 1. The van der Waals surface area contributed by atoms with Crippen molar-refractivity contribution < 1.29 is 15.0 Å². The van der Waals surface area contributed by atoms with Crippen LogP contribution < -0.4 is 17.1 Å². The summed E-state index contributed by atoms with van der Waals surface area (Å²) in [5.41, 5.74) is -2.10. The second-order valence-corrected chi connectivity index (χ2v) is 3.34. The van der Waals surface area contributed by atoms with E-state index in [0.717, 1.165) is 0 Å². The van der Waals surface area contributed by atoms with Gasteiger partial charge in [0.25, 0.3) is 0 Å². The van der Waals surface area contributed by atoms with Gasteiger partial charge in [-0.1, -0.05) is 6.08 Å². The molecule has 0 aliphatic rings. The zero-order valence-corrected chi connectivity index (χ0v) is 10.5. The monoisotopic (exact) mass is 273 g/mol. The molecule has 0 saturated heterocycles. The molecule has 0 aromatic carbocycles. The molecule has 0 unspecified atom stereocenters. The normalized spacial score (nSPS) is 10.6. The molecular weight excluding hydrogens is 258 g/mol. The van der Waals surface area contributed by atoms with Crippen LogP contribution in [-0.4, -0.2) is 37.3 Å². The van der Waals surface area contributed by atoms with Crippen LogP contribution in [0.25, 0.3) is 0 Å². The first-order valence-electron chi connectivity index (χ1n) is 5.24. The summed E-state index contributed by atoms with van der Waals surface area (Å²) in [5, 5.41) is 16.5. The Bertz CT molecular complexity index is 587. The van der Waals surface area contributed by atoms with Gasteiger partial charge in [-0.2, -0.15) is 0 Å². The van der Waals surface area contributed by atoms with E-state index in [1.165, 1.54) is 0 Å². The molecule has 1 rings (SSSR count). The van der Waals surface area contributed by atoms with Gasteiger partial charge in [0.05, 0.1) is 13.2 Å². The van der Waals surface area contributed by atoms with Crippen LogP contribution in [0, 0.1) is 0 Å². The number of rotatable bonds is 3. The summed E-state index contributed by atoms with van der Waals surface area (Å²) >= 11 is 0. The van der Waals surface area contributed by atoms with Crippen molar-refractivity contribution in [3.8, 4) is 0 Å². The first kappa shape index (κ1) is 16.6. The maximum Gasteiger partial charge on any atom is 0.333 e. The zero-order valence-electron chi connectivity index (χ0n) is 10.5. The third-order valence-corrected chi connectivity index (χ3v) is 2.03. The lowest BCUT2D eigenvalue weighted by atomic mass is 10.3. The summed E-state index contributed by atoms with van der Waals surface area (Å²) in [5.74, 6) is -0.845. The standard InChI is InChI=1S/C5H7N3O4.C5H8O2/c9-2-1-8-4(11)6-3(10)7-5(8)12;1-3-4(2)5(6)7/h9H,1-2H2,(H2,6,7,10,11,12);3H,1-2H3,(H,6,7). The van der Waals surface area contributed by atoms with Crippen molar-refractivity contribution in [1.82, 2.24) is 14.5 Å². The van der Waals surface area contributed by atoms with Crippen molar-refractivity contribution in [2.75, 3.05) is 6.61 Å². The lowest BCUT2D eigenvalue weighted by molar-refractivity contribution is -0.132. The Hall–Kier alpha value is -2.42. The molecule has 9 nitrogen and oxygen atoms in total. The van der Waals surface area contributed by atoms with Gasteiger partial charge < -0.3 is 10.2 Å². The molecule has 19 heavy (non-hydrogen) atoms. The van der Waals surface area contributed by atoms with Crippen molar-refractivity contribution in [2.24, 2.45) is 0 Å². The molecule has 0 spiro atoms. The molecule has 0 atom stereocenters. The van der Waals surface area contributed by atoms with E-state index in [1.54, 1.807) is 19.9 Å². The van der Waals surface area contributed by atoms with Gasteiger partial charge in [-0.15, -0.1) is 0 Å². The molecule has 4 N–H and O–H groups in total. The smallest absolute Gasteiger partial charge is 0.333 e. The van der Waals surface area contributed by atoms with Gasteiger partial charge in [0.15, 0.2) is 0 Å². The molecule has 9 heteroatoms. The van der Waals surface area contributed by atoms with Crippen LogP contribution in [0.15, 0.2) is 26.0 Å². The number of aliphatic carboxylic acids is 1. The van der Waals surface area contributed by atoms with E-state index in [2.05, 4.69) is 0 Å². The van der Waals surface area contributed by atoms with Crippen LogP contribution in [-0.2, 0) is 11.3 Å². The average Bonchev–Trinajstić information content (AvgIpc) is 2.33. The second-order valence-electron chi connectivity index (χ2n) is 3.34. The Morgan fingerprint density at radius 1 is 1.26 bits per heavy atom. The summed E-state index contributed by atoms with van der Waals surface area (Å²) in [6.07, 6.45) is 1.56. The first-order valence-corrected chi connectivity index (χ1v) is 5.24. The molecular formula is C10H15N3O6. The van der Waals surface area contributed by atoms with Gasteiger partial charge in [-0.25, -0.2) is 23.7 Å². The van der Waals surface area contributed by atoms with Crippen molar-refractivity contribution in [1.29, 1.82) is 0 Å². The van der Waals surface area contributed by atoms with E-state index in [0.29, 0.717) is 10.1 Å². The number of nitrogens with zero attached hydrogens (tertiary/aromatic N) is 1. The summed E-state index contributed by atoms with van der Waals surface area (Å²) in [6, 6.07) is 0. The van der Waals surface area contributed by atoms with Gasteiger partial charge in [-0.05, 0) is 13.8 Å². The molecule has 0 aliphatic carbocycles. The van der Waals surface area contributed by atoms with Crippen LogP contribution >= 0.6 is 0 Å². The minimum Gasteiger partial charge on any atom is -0.478 e. The number of carboxylic acids is 1. The summed E-state index contributed by atoms with van der Waals surface area (Å²) in [6.45, 7) is 2.78. The second kappa shape index (κ2) is 7.82. The highest BCUT2D eigenvalue weighted by atomic mass is 16.4. The summed E-state index contributed by atoms with van der Waals surface area (Å²) in [4.78, 5) is 45.7. The van der Waals surface area contributed by atoms with Gasteiger partial charge in [0, 0.05) is 5.57 Å². The van der Waals surface area contributed by atoms with Gasteiger partial charge in [-0.3, -0.25) is 9.97 Å². The Morgan fingerprint density at radius 2 is 1.74 bits per heavy atom. The van der Waals surface area contributed by atoms with Crippen molar-refractivity contribution in [3.63, 3.8) is 0 Å². The van der Waals surface area contributed by atoms with Crippen molar-refractivity contribution >= 4 is 5.97 Å². The van der Waals surface area contributed by atoms with Crippen LogP contribution in [0.3, 0.4) is 0 Å². The topological polar surface area (TPSA) is 145 Å². The SMILES string of the molecule is CC=C(C)C(=O)O.O=c1[nH]c(=O)n(CCO)c(=O)[nH]1. The maximum absolute atomic E-state index is 10.8. The molecule has 0 bridgehead atoms. The number of hydrogen-bond acceptors (Lipinski definition) is 5. The number of H-pyrrole nitrogens is 2. The Labute approximate surface area is 106 Å². The zero-order chi connectivity index (χ0) is 15.0. The maximum atomic E-state index is 10.8. The molecule has 1 heterocycles. The minimum atomic E-state index is -0.848. The number of allylic oxidation sites excluding steroid dienone is 1. The Kier molecular flexibility index (Phi) is 6.82. The quantitative estimate of drug-likeness (QED) is 0.481. The highest BCUT2D eigenvalue weighted by molar-refractivity contribution is 5.85. The average molecular weight is 273 g/mol. The number of hydrogen-bond donors (Lipinski definition) is 4. The molecule has 0 aliphatic heterocycles. The molecule has 0 amide bonds. The number of aromatic amines is 2. The van der Waals surface area contributed by atoms with E-state index in [9.17, 15) is 19.2 Å². The van der Waals surface area contributed by atoms with E-state index >= 15 is 0 Å². The van der Waals surface area contributed by atoms with Crippen molar-refractivity contribution in [2.45, 2.75) is 20.4 Å². The number of nitrogens with one attached hydrogen (secondary N) is 2. The molecule has 0 radical (unpaired) electrons. The van der Waals surface area contributed by atoms with Gasteiger partial charge in [0.1, 0.15) is 0 Å². The molecule has 106 valence electrons. The lowest BCUT2D eigenvalue weighted by Crippen LogP contribution is -2.43. The highest BCUT2D eigenvalue weighted by Crippen LogP contribution is 1.87. The van der Waals surface area contributed by atoms with E-state index in [-0.39, 0.29) is 13.2 Å². The number of aromatic nitrogens is 3. The Morgan fingerprint density at radius 3 is 2.00 bits per heavy atom. The predicted octanol–water partition coefficient (Wildman–Crippen LogP) is -1.75. The van der Waals surface area contributed by atoms with Gasteiger partial charge in [0.2, 0.25) is 0 Å². The summed E-state index contributed by atoms with van der Waals surface area (Å²) < 4.78 is 0.696. The van der Waals surface area contributed by atoms with Crippen LogP contribution in [0.4, 0.5) is 0 Å². The fourth-order valence-electron chi connectivity index (χ4n) is 0.879. The minimum absolute atomic E-state index is 0.134. The Balaban J connectivity index is 0.000000399. The number of carboxylic acid groups (broad SMARTS) is 1. The third-order valence-electron chi connectivity index (χ3n) is 2.03. The molecule has 1 aromatic heterocycles. The van der Waals surface area contributed by atoms with E-state index in [4.69, 9.17) is 10.2 Å². The highest BCUT2D eigenvalue weighted by Gasteiger charge is 2.00. The molecule has 1 aromatic rings. The van der Waals surface area contributed by atoms with E-state index in [1.807, 2.05) is 9.97 Å². The molecule has 0 fully saturated rings. The number of carbonyl (C=O) groups is 1. The van der Waals surface area contributed by atoms with Crippen molar-refractivity contribution in [3.05, 3.63) is 43.1 Å². The van der Waals surface area contributed by atoms with E-state index < -0.39 is 23.0 Å².